The molecule has 118 valence electrons. The smallest absolute Gasteiger partial charge is 0.0473 e. The molecule has 0 bridgehead atoms. The summed E-state index contributed by atoms with van der Waals surface area (Å²) in [6.45, 7) is 8.78. The predicted molar refractivity (Wildman–Crippen MR) is 91.4 cm³/mol. The van der Waals surface area contributed by atoms with Crippen LogP contribution in [0.1, 0.15) is 63.6 Å². The normalized spacial score (nSPS) is 21.7. The van der Waals surface area contributed by atoms with Crippen molar-refractivity contribution in [2.45, 2.75) is 65.0 Å². The Morgan fingerprint density at radius 1 is 1.19 bits per heavy atom. The molecule has 0 amide bonds. The molecule has 2 heteroatoms. The van der Waals surface area contributed by atoms with E-state index in [1.807, 2.05) is 0 Å². The lowest BCUT2D eigenvalue weighted by Crippen LogP contribution is -2.44. The molecule has 21 heavy (non-hydrogen) atoms. The Morgan fingerprint density at radius 2 is 1.90 bits per heavy atom. The van der Waals surface area contributed by atoms with E-state index in [1.54, 1.807) is 0 Å². The zero-order valence-corrected chi connectivity index (χ0v) is 14.0. The van der Waals surface area contributed by atoms with Crippen molar-refractivity contribution in [2.24, 2.45) is 11.7 Å². The molecule has 1 aliphatic rings. The van der Waals surface area contributed by atoms with E-state index in [-0.39, 0.29) is 0 Å². The van der Waals surface area contributed by atoms with E-state index in [1.165, 1.54) is 43.4 Å². The van der Waals surface area contributed by atoms with Gasteiger partial charge in [0.25, 0.3) is 0 Å². The van der Waals surface area contributed by atoms with Gasteiger partial charge in [-0.25, -0.2) is 0 Å². The van der Waals surface area contributed by atoms with Crippen molar-refractivity contribution in [3.05, 3.63) is 35.4 Å². The van der Waals surface area contributed by atoms with Crippen LogP contribution in [0.3, 0.4) is 0 Å². The number of likely N-dealkylation sites (tertiary alicyclic amines) is 1. The lowest BCUT2D eigenvalue weighted by Gasteiger charge is -2.41. The number of benzene rings is 1. The highest BCUT2D eigenvalue weighted by atomic mass is 15.2. The standard InChI is InChI=1S/C19H32N2/c1-4-18-7-5-6-12-21(18)19(14-20)17-10-8-16(9-11-17)13-15(2)3/h8-11,15,18-19H,4-7,12-14,20H2,1-3H3. The van der Waals surface area contributed by atoms with Gasteiger partial charge in [0, 0.05) is 18.6 Å². The van der Waals surface area contributed by atoms with Crippen LogP contribution in [0.5, 0.6) is 0 Å². The Labute approximate surface area is 130 Å². The first-order valence-electron chi connectivity index (χ1n) is 8.70. The van der Waals surface area contributed by atoms with Gasteiger partial charge in [0.1, 0.15) is 0 Å². The van der Waals surface area contributed by atoms with Gasteiger partial charge in [0.05, 0.1) is 0 Å². The summed E-state index contributed by atoms with van der Waals surface area (Å²) in [6.07, 6.45) is 6.42. The molecule has 1 aromatic carbocycles. The highest BCUT2D eigenvalue weighted by Crippen LogP contribution is 2.29. The van der Waals surface area contributed by atoms with Gasteiger partial charge in [-0.2, -0.15) is 0 Å². The molecule has 1 heterocycles. The van der Waals surface area contributed by atoms with Gasteiger partial charge in [0.15, 0.2) is 0 Å². The Balaban J connectivity index is 2.12. The third kappa shape index (κ3) is 4.31. The molecule has 0 saturated carbocycles. The van der Waals surface area contributed by atoms with Gasteiger partial charge in [-0.1, -0.05) is 51.5 Å². The third-order valence-electron chi connectivity index (χ3n) is 4.78. The average molecular weight is 288 g/mol. The van der Waals surface area contributed by atoms with Gasteiger partial charge in [-0.3, -0.25) is 4.90 Å². The van der Waals surface area contributed by atoms with Crippen molar-refractivity contribution in [3.63, 3.8) is 0 Å². The number of hydrogen-bond donors (Lipinski definition) is 1. The maximum Gasteiger partial charge on any atom is 0.0473 e. The second kappa shape index (κ2) is 7.95. The number of nitrogens with zero attached hydrogens (tertiary/aromatic N) is 1. The second-order valence-electron chi connectivity index (χ2n) is 6.89. The van der Waals surface area contributed by atoms with E-state index in [4.69, 9.17) is 5.73 Å². The Bertz CT molecular complexity index is 410. The van der Waals surface area contributed by atoms with Crippen LogP contribution in [0, 0.1) is 5.92 Å². The third-order valence-corrected chi connectivity index (χ3v) is 4.78. The number of rotatable bonds is 6. The van der Waals surface area contributed by atoms with Crippen LogP contribution in [0.2, 0.25) is 0 Å². The molecular weight excluding hydrogens is 256 g/mol. The molecule has 0 radical (unpaired) electrons. The summed E-state index contributed by atoms with van der Waals surface area (Å²) in [5, 5.41) is 0. The molecule has 1 aliphatic heterocycles. The van der Waals surface area contributed by atoms with Crippen LogP contribution in [0.4, 0.5) is 0 Å². The van der Waals surface area contributed by atoms with Crippen LogP contribution < -0.4 is 5.73 Å². The van der Waals surface area contributed by atoms with Crippen LogP contribution in [0.15, 0.2) is 24.3 Å². The van der Waals surface area contributed by atoms with Gasteiger partial charge < -0.3 is 5.73 Å². The minimum Gasteiger partial charge on any atom is -0.329 e. The van der Waals surface area contributed by atoms with Gasteiger partial charge >= 0.3 is 0 Å². The van der Waals surface area contributed by atoms with E-state index < -0.39 is 0 Å². The molecule has 2 N–H and O–H groups in total. The van der Waals surface area contributed by atoms with Crippen molar-refractivity contribution in [2.75, 3.05) is 13.1 Å². The van der Waals surface area contributed by atoms with Crippen LogP contribution in [0.25, 0.3) is 0 Å². The van der Waals surface area contributed by atoms with Gasteiger partial charge in [-0.05, 0) is 49.3 Å². The quantitative estimate of drug-likeness (QED) is 0.852. The fourth-order valence-corrected chi connectivity index (χ4v) is 3.68. The highest BCUT2D eigenvalue weighted by molar-refractivity contribution is 5.26. The predicted octanol–water partition coefficient (Wildman–Crippen LogP) is 4.15. The van der Waals surface area contributed by atoms with Crippen LogP contribution in [-0.4, -0.2) is 24.0 Å². The summed E-state index contributed by atoms with van der Waals surface area (Å²) in [5.41, 5.74) is 8.96. The first kappa shape index (κ1) is 16.5. The second-order valence-corrected chi connectivity index (χ2v) is 6.89. The Morgan fingerprint density at radius 3 is 2.48 bits per heavy atom. The van der Waals surface area contributed by atoms with Gasteiger partial charge in [-0.15, -0.1) is 0 Å². The van der Waals surface area contributed by atoms with Gasteiger partial charge in [0.2, 0.25) is 0 Å². The fourth-order valence-electron chi connectivity index (χ4n) is 3.68. The molecule has 0 spiro atoms. The summed E-state index contributed by atoms with van der Waals surface area (Å²) in [7, 11) is 0. The number of piperidine rings is 1. The molecular formula is C19H32N2. The molecule has 0 aromatic heterocycles. The summed E-state index contributed by atoms with van der Waals surface area (Å²) in [6, 6.07) is 10.3. The number of hydrogen-bond acceptors (Lipinski definition) is 2. The van der Waals surface area contributed by atoms with Crippen molar-refractivity contribution < 1.29 is 0 Å². The first-order valence-corrected chi connectivity index (χ1v) is 8.70. The number of nitrogens with two attached hydrogens (primary N) is 1. The molecule has 2 unspecified atom stereocenters. The van der Waals surface area contributed by atoms with E-state index in [0.717, 1.165) is 13.0 Å². The van der Waals surface area contributed by atoms with Crippen molar-refractivity contribution in [3.8, 4) is 0 Å². The van der Waals surface area contributed by atoms with E-state index in [9.17, 15) is 0 Å². The zero-order valence-electron chi connectivity index (χ0n) is 14.0. The van der Waals surface area contributed by atoms with Crippen LogP contribution >= 0.6 is 0 Å². The minimum atomic E-state index is 0.392. The lowest BCUT2D eigenvalue weighted by atomic mass is 9.93. The largest absolute Gasteiger partial charge is 0.329 e. The molecule has 2 nitrogen and oxygen atoms in total. The minimum absolute atomic E-state index is 0.392. The summed E-state index contributed by atoms with van der Waals surface area (Å²) in [4.78, 5) is 2.65. The lowest BCUT2D eigenvalue weighted by molar-refractivity contribution is 0.0949. The summed E-state index contributed by atoms with van der Waals surface area (Å²) >= 11 is 0. The Kier molecular flexibility index (Phi) is 6.25. The first-order chi connectivity index (χ1) is 10.2. The maximum absolute atomic E-state index is 6.13. The summed E-state index contributed by atoms with van der Waals surface area (Å²) in [5.74, 6) is 0.715. The molecule has 2 rings (SSSR count). The van der Waals surface area contributed by atoms with Crippen molar-refractivity contribution >= 4 is 0 Å². The maximum atomic E-state index is 6.13. The van der Waals surface area contributed by atoms with E-state index in [0.29, 0.717) is 18.0 Å². The Hall–Kier alpha value is -0.860. The monoisotopic (exact) mass is 288 g/mol. The van der Waals surface area contributed by atoms with Crippen molar-refractivity contribution in [1.29, 1.82) is 0 Å². The highest BCUT2D eigenvalue weighted by Gasteiger charge is 2.27. The molecule has 0 aliphatic carbocycles. The van der Waals surface area contributed by atoms with Crippen molar-refractivity contribution in [1.82, 2.24) is 4.90 Å². The SMILES string of the molecule is CCC1CCCCN1C(CN)c1ccc(CC(C)C)cc1. The molecule has 1 aromatic rings. The molecule has 1 fully saturated rings. The molecule has 1 saturated heterocycles. The summed E-state index contributed by atoms with van der Waals surface area (Å²) < 4.78 is 0. The van der Waals surface area contributed by atoms with Crippen LogP contribution in [-0.2, 0) is 6.42 Å². The van der Waals surface area contributed by atoms with E-state index >= 15 is 0 Å². The topological polar surface area (TPSA) is 29.3 Å². The molecule has 2 atom stereocenters. The average Bonchev–Trinajstić information content (AvgIpc) is 2.49. The zero-order chi connectivity index (χ0) is 15.2. The van der Waals surface area contributed by atoms with E-state index in [2.05, 4.69) is 49.9 Å². The fraction of sp³-hybridized carbons (Fsp3) is 0.684.